The van der Waals surface area contributed by atoms with Gasteiger partial charge in [-0.3, -0.25) is 0 Å². The van der Waals surface area contributed by atoms with Crippen LogP contribution in [0.2, 0.25) is 0 Å². The van der Waals surface area contributed by atoms with Gasteiger partial charge in [0.1, 0.15) is 0 Å². The summed E-state index contributed by atoms with van der Waals surface area (Å²) in [4.78, 5) is 0. The molecule has 0 radical (unpaired) electrons. The smallest absolute Gasteiger partial charge is 0.0603 e. The SMILES string of the molecule is CCCCCOC1CCC(C2CCC(CCCC)CC2)C(C)C1C. The molecule has 4 atom stereocenters. The standard InChI is InChI=1S/C23H44O/c1-5-7-9-17-24-23-16-15-22(18(3)19(23)4)21-13-11-20(12-14-21)10-8-6-2/h18-23H,5-17H2,1-4H3. The monoisotopic (exact) mass is 336 g/mol. The number of unbranched alkanes of at least 4 members (excludes halogenated alkanes) is 3. The van der Waals surface area contributed by atoms with Gasteiger partial charge in [0.05, 0.1) is 6.10 Å². The van der Waals surface area contributed by atoms with Crippen molar-refractivity contribution in [3.05, 3.63) is 0 Å². The van der Waals surface area contributed by atoms with Gasteiger partial charge in [-0.1, -0.05) is 72.6 Å². The number of rotatable bonds is 9. The molecule has 1 heteroatoms. The van der Waals surface area contributed by atoms with E-state index in [-0.39, 0.29) is 0 Å². The van der Waals surface area contributed by atoms with Gasteiger partial charge in [0.25, 0.3) is 0 Å². The summed E-state index contributed by atoms with van der Waals surface area (Å²) in [6.07, 6.45) is 17.5. The van der Waals surface area contributed by atoms with Crippen LogP contribution in [0.25, 0.3) is 0 Å². The lowest BCUT2D eigenvalue weighted by Gasteiger charge is -2.45. The van der Waals surface area contributed by atoms with Crippen LogP contribution in [0, 0.1) is 29.6 Å². The average Bonchev–Trinajstić information content (AvgIpc) is 2.61. The summed E-state index contributed by atoms with van der Waals surface area (Å²) < 4.78 is 6.26. The van der Waals surface area contributed by atoms with Crippen molar-refractivity contribution < 1.29 is 4.74 Å². The van der Waals surface area contributed by atoms with Gasteiger partial charge >= 0.3 is 0 Å². The molecule has 1 nitrogen and oxygen atoms in total. The van der Waals surface area contributed by atoms with E-state index in [1.807, 2.05) is 0 Å². The van der Waals surface area contributed by atoms with Crippen molar-refractivity contribution in [1.82, 2.24) is 0 Å². The Bertz CT molecular complexity index is 318. The third-order valence-electron chi connectivity index (χ3n) is 7.42. The Morgan fingerprint density at radius 2 is 1.46 bits per heavy atom. The maximum Gasteiger partial charge on any atom is 0.0603 e. The molecular weight excluding hydrogens is 292 g/mol. The number of ether oxygens (including phenoxy) is 1. The van der Waals surface area contributed by atoms with Crippen molar-refractivity contribution in [1.29, 1.82) is 0 Å². The second-order valence-corrected chi connectivity index (χ2v) is 9.00. The Labute approximate surface area is 152 Å². The first-order valence-electron chi connectivity index (χ1n) is 11.3. The van der Waals surface area contributed by atoms with Crippen LogP contribution in [0.15, 0.2) is 0 Å². The first-order chi connectivity index (χ1) is 11.7. The zero-order valence-electron chi connectivity index (χ0n) is 17.1. The van der Waals surface area contributed by atoms with Gasteiger partial charge in [0.2, 0.25) is 0 Å². The third-order valence-corrected chi connectivity index (χ3v) is 7.42. The van der Waals surface area contributed by atoms with E-state index in [0.717, 1.165) is 36.2 Å². The van der Waals surface area contributed by atoms with Crippen molar-refractivity contribution in [2.75, 3.05) is 6.61 Å². The second kappa shape index (κ2) is 10.8. The maximum atomic E-state index is 6.26. The van der Waals surface area contributed by atoms with E-state index in [1.165, 1.54) is 77.0 Å². The quantitative estimate of drug-likeness (QED) is 0.403. The molecule has 2 aliphatic rings. The Hall–Kier alpha value is -0.0400. The molecule has 142 valence electrons. The van der Waals surface area contributed by atoms with Crippen LogP contribution in [0.1, 0.15) is 105 Å². The summed E-state index contributed by atoms with van der Waals surface area (Å²) in [5, 5.41) is 0. The van der Waals surface area contributed by atoms with Gasteiger partial charge in [-0.25, -0.2) is 0 Å². The van der Waals surface area contributed by atoms with E-state index in [2.05, 4.69) is 27.7 Å². The molecule has 0 heterocycles. The molecular formula is C23H44O. The maximum absolute atomic E-state index is 6.26. The summed E-state index contributed by atoms with van der Waals surface area (Å²) in [5.74, 6) is 4.64. The van der Waals surface area contributed by atoms with Crippen LogP contribution >= 0.6 is 0 Å². The van der Waals surface area contributed by atoms with Crippen LogP contribution < -0.4 is 0 Å². The minimum Gasteiger partial charge on any atom is -0.378 e. The van der Waals surface area contributed by atoms with Crippen molar-refractivity contribution in [3.63, 3.8) is 0 Å². The molecule has 0 N–H and O–H groups in total. The van der Waals surface area contributed by atoms with E-state index in [9.17, 15) is 0 Å². The van der Waals surface area contributed by atoms with Crippen molar-refractivity contribution >= 4 is 0 Å². The highest BCUT2D eigenvalue weighted by atomic mass is 16.5. The normalized spacial score (nSPS) is 37.5. The molecule has 2 aliphatic carbocycles. The van der Waals surface area contributed by atoms with E-state index < -0.39 is 0 Å². The van der Waals surface area contributed by atoms with Gasteiger partial charge in [0, 0.05) is 6.61 Å². The Balaban J connectivity index is 1.74. The molecule has 24 heavy (non-hydrogen) atoms. The fraction of sp³-hybridized carbons (Fsp3) is 1.00. The second-order valence-electron chi connectivity index (χ2n) is 9.00. The zero-order valence-corrected chi connectivity index (χ0v) is 17.1. The van der Waals surface area contributed by atoms with Crippen molar-refractivity contribution in [2.24, 2.45) is 29.6 Å². The Kier molecular flexibility index (Phi) is 9.16. The van der Waals surface area contributed by atoms with Gasteiger partial charge in [0.15, 0.2) is 0 Å². The molecule has 0 saturated heterocycles. The topological polar surface area (TPSA) is 9.23 Å². The molecule has 0 spiro atoms. The molecule has 0 aromatic heterocycles. The summed E-state index contributed by atoms with van der Waals surface area (Å²) in [5.41, 5.74) is 0. The highest BCUT2D eigenvalue weighted by molar-refractivity contribution is 4.89. The van der Waals surface area contributed by atoms with Gasteiger partial charge in [-0.15, -0.1) is 0 Å². The molecule has 2 rings (SSSR count). The molecule has 4 unspecified atom stereocenters. The van der Waals surface area contributed by atoms with Crippen LogP contribution in [0.3, 0.4) is 0 Å². The molecule has 0 bridgehead atoms. The minimum absolute atomic E-state index is 0.536. The zero-order chi connectivity index (χ0) is 17.4. The molecule has 2 fully saturated rings. The lowest BCUT2D eigenvalue weighted by molar-refractivity contribution is -0.0562. The van der Waals surface area contributed by atoms with E-state index in [1.54, 1.807) is 0 Å². The van der Waals surface area contributed by atoms with Gasteiger partial charge < -0.3 is 4.74 Å². The molecule has 0 aromatic rings. The van der Waals surface area contributed by atoms with Crippen LogP contribution in [-0.4, -0.2) is 12.7 Å². The minimum atomic E-state index is 0.536. The summed E-state index contributed by atoms with van der Waals surface area (Å²) in [6, 6.07) is 0. The average molecular weight is 337 g/mol. The summed E-state index contributed by atoms with van der Waals surface area (Å²) in [6.45, 7) is 10.6. The van der Waals surface area contributed by atoms with Crippen molar-refractivity contribution in [3.8, 4) is 0 Å². The van der Waals surface area contributed by atoms with Crippen LogP contribution in [-0.2, 0) is 4.74 Å². The van der Waals surface area contributed by atoms with Gasteiger partial charge in [-0.2, -0.15) is 0 Å². The number of hydrogen-bond donors (Lipinski definition) is 0. The molecule has 0 amide bonds. The first-order valence-corrected chi connectivity index (χ1v) is 11.3. The van der Waals surface area contributed by atoms with Crippen LogP contribution in [0.5, 0.6) is 0 Å². The highest BCUT2D eigenvalue weighted by Crippen LogP contribution is 2.46. The molecule has 2 saturated carbocycles. The van der Waals surface area contributed by atoms with E-state index >= 15 is 0 Å². The largest absolute Gasteiger partial charge is 0.378 e. The molecule has 0 aromatic carbocycles. The fourth-order valence-electron chi connectivity index (χ4n) is 5.50. The summed E-state index contributed by atoms with van der Waals surface area (Å²) in [7, 11) is 0. The van der Waals surface area contributed by atoms with Crippen LogP contribution in [0.4, 0.5) is 0 Å². The lowest BCUT2D eigenvalue weighted by atomic mass is 9.63. The first kappa shape index (κ1) is 20.3. The Morgan fingerprint density at radius 3 is 2.12 bits per heavy atom. The number of hydrogen-bond acceptors (Lipinski definition) is 1. The van der Waals surface area contributed by atoms with E-state index in [4.69, 9.17) is 4.74 Å². The third kappa shape index (κ3) is 5.75. The predicted octanol–water partition coefficient (Wildman–Crippen LogP) is 7.24. The van der Waals surface area contributed by atoms with Gasteiger partial charge in [-0.05, 0) is 61.7 Å². The van der Waals surface area contributed by atoms with E-state index in [0.29, 0.717) is 6.10 Å². The summed E-state index contributed by atoms with van der Waals surface area (Å²) >= 11 is 0. The lowest BCUT2D eigenvalue weighted by Crippen LogP contribution is -2.40. The fourth-order valence-corrected chi connectivity index (χ4v) is 5.50. The molecule has 0 aliphatic heterocycles. The Morgan fingerprint density at radius 1 is 0.750 bits per heavy atom. The van der Waals surface area contributed by atoms with Crippen molar-refractivity contribution in [2.45, 2.75) is 111 Å². The highest BCUT2D eigenvalue weighted by Gasteiger charge is 2.39. The predicted molar refractivity (Wildman–Crippen MR) is 105 cm³/mol.